The average Bonchev–Trinajstić information content (AvgIpc) is 3.05. The van der Waals surface area contributed by atoms with Crippen molar-refractivity contribution < 1.29 is 18.0 Å². The zero-order chi connectivity index (χ0) is 32.0. The minimum atomic E-state index is -4.21. The van der Waals surface area contributed by atoms with E-state index >= 15 is 0 Å². The summed E-state index contributed by atoms with van der Waals surface area (Å²) in [4.78, 5) is 30.6. The van der Waals surface area contributed by atoms with Crippen LogP contribution in [0.15, 0.2) is 102 Å². The number of halogens is 1. The number of unbranched alkanes of at least 4 members (excludes halogenated alkanes) is 2. The molecule has 0 spiro atoms. The molecule has 1 aliphatic rings. The fourth-order valence-electron chi connectivity index (χ4n) is 5.74. The lowest BCUT2D eigenvalue weighted by Gasteiger charge is -2.36. The van der Waals surface area contributed by atoms with Crippen molar-refractivity contribution in [1.82, 2.24) is 9.62 Å². The zero-order valence-electron chi connectivity index (χ0n) is 25.6. The van der Waals surface area contributed by atoms with E-state index in [4.69, 9.17) is 11.6 Å². The molecule has 0 fully saturated rings. The standard InChI is InChI=1S/C36H38ClN3O4S/c1-3-4-11-23-39(36(42)40-24-22-26(2)29-12-6-9-16-33(29)40)25-27-18-20-28(21-19-27)30-13-7-10-17-34(30)45(43,44)38-35(41)31-14-5-8-15-32(31)37/h5-10,12-21,26H,3-4,11,22-25H2,1-2H3,(H,38,41). The van der Waals surface area contributed by atoms with E-state index in [0.717, 1.165) is 36.9 Å². The first-order valence-corrected chi connectivity index (χ1v) is 17.2. The molecule has 4 aromatic carbocycles. The summed E-state index contributed by atoms with van der Waals surface area (Å²) in [6.07, 6.45) is 3.93. The van der Waals surface area contributed by atoms with Gasteiger partial charge in [-0.3, -0.25) is 9.69 Å². The summed E-state index contributed by atoms with van der Waals surface area (Å²) < 4.78 is 28.9. The minimum absolute atomic E-state index is 0.000213. The number of nitrogens with zero attached hydrogens (tertiary/aromatic N) is 2. The number of amides is 3. The molecule has 45 heavy (non-hydrogen) atoms. The second-order valence-corrected chi connectivity index (χ2v) is 13.5. The summed E-state index contributed by atoms with van der Waals surface area (Å²) in [6.45, 7) is 6.11. The SMILES string of the molecule is CCCCCN(Cc1ccc(-c2ccccc2S(=O)(=O)NC(=O)c2ccccc2Cl)cc1)C(=O)N1CCC(C)c2ccccc21. The van der Waals surface area contributed by atoms with Gasteiger partial charge in [0.25, 0.3) is 15.9 Å². The first kappa shape index (κ1) is 32.3. The van der Waals surface area contributed by atoms with E-state index in [9.17, 15) is 18.0 Å². The van der Waals surface area contributed by atoms with Gasteiger partial charge in [-0.05, 0) is 59.7 Å². The number of carbonyl (C=O) groups excluding carboxylic acids is 2. The van der Waals surface area contributed by atoms with Crippen LogP contribution in [0, 0.1) is 0 Å². The Kier molecular flexibility index (Phi) is 10.3. The van der Waals surface area contributed by atoms with Gasteiger partial charge in [-0.2, -0.15) is 0 Å². The predicted molar refractivity (Wildman–Crippen MR) is 180 cm³/mol. The normalized spacial score (nSPS) is 14.5. The highest BCUT2D eigenvalue weighted by atomic mass is 35.5. The van der Waals surface area contributed by atoms with Crippen molar-refractivity contribution in [2.24, 2.45) is 0 Å². The molecule has 1 atom stereocenters. The van der Waals surface area contributed by atoms with E-state index in [2.05, 4.69) is 24.6 Å². The minimum Gasteiger partial charge on any atom is -0.320 e. The van der Waals surface area contributed by atoms with Crippen LogP contribution in [-0.2, 0) is 16.6 Å². The van der Waals surface area contributed by atoms with Crippen LogP contribution in [0.2, 0.25) is 5.02 Å². The molecule has 0 aliphatic carbocycles. The highest BCUT2D eigenvalue weighted by Gasteiger charge is 2.29. The largest absolute Gasteiger partial charge is 0.324 e. The van der Waals surface area contributed by atoms with Gasteiger partial charge in [0.15, 0.2) is 0 Å². The Labute approximate surface area is 270 Å². The molecule has 1 N–H and O–H groups in total. The third-order valence-electron chi connectivity index (χ3n) is 8.24. The van der Waals surface area contributed by atoms with Crippen LogP contribution >= 0.6 is 11.6 Å². The van der Waals surface area contributed by atoms with Gasteiger partial charge in [0, 0.05) is 30.9 Å². The van der Waals surface area contributed by atoms with E-state index in [0.29, 0.717) is 36.7 Å². The number of hydrogen-bond acceptors (Lipinski definition) is 4. The van der Waals surface area contributed by atoms with Gasteiger partial charge >= 0.3 is 6.03 Å². The third-order valence-corrected chi connectivity index (χ3v) is 9.96. The summed E-state index contributed by atoms with van der Waals surface area (Å²) in [5.41, 5.74) is 4.33. The third kappa shape index (κ3) is 7.40. The first-order valence-electron chi connectivity index (χ1n) is 15.3. The molecule has 0 bridgehead atoms. The summed E-state index contributed by atoms with van der Waals surface area (Å²) in [7, 11) is -4.21. The maximum absolute atomic E-state index is 14.0. The highest BCUT2D eigenvalue weighted by molar-refractivity contribution is 7.90. The number of sulfonamides is 1. The molecular weight excluding hydrogens is 606 g/mol. The molecule has 234 valence electrons. The van der Waals surface area contributed by atoms with Crippen LogP contribution in [0.4, 0.5) is 10.5 Å². The zero-order valence-corrected chi connectivity index (χ0v) is 27.2. The van der Waals surface area contributed by atoms with Crippen molar-refractivity contribution in [2.75, 3.05) is 18.0 Å². The van der Waals surface area contributed by atoms with Crippen molar-refractivity contribution in [3.05, 3.63) is 119 Å². The number of benzene rings is 4. The number of hydrogen-bond donors (Lipinski definition) is 1. The molecule has 0 saturated heterocycles. The number of urea groups is 1. The Morgan fingerprint density at radius 2 is 1.60 bits per heavy atom. The summed E-state index contributed by atoms with van der Waals surface area (Å²) in [6, 6.07) is 28.5. The second kappa shape index (κ2) is 14.3. The summed E-state index contributed by atoms with van der Waals surface area (Å²) >= 11 is 6.12. The summed E-state index contributed by atoms with van der Waals surface area (Å²) in [5, 5.41) is 0.162. The maximum Gasteiger partial charge on any atom is 0.324 e. The number of carbonyl (C=O) groups is 2. The van der Waals surface area contributed by atoms with Crippen LogP contribution < -0.4 is 9.62 Å². The fraction of sp³-hybridized carbons (Fsp3) is 0.278. The fourth-order valence-corrected chi connectivity index (χ4v) is 7.16. The van der Waals surface area contributed by atoms with E-state index in [1.165, 1.54) is 23.8 Å². The molecule has 7 nitrogen and oxygen atoms in total. The van der Waals surface area contributed by atoms with Crippen molar-refractivity contribution in [3.63, 3.8) is 0 Å². The molecule has 0 aromatic heterocycles. The molecule has 0 saturated carbocycles. The van der Waals surface area contributed by atoms with E-state index < -0.39 is 15.9 Å². The Bertz CT molecular complexity index is 1780. The number of fused-ring (bicyclic) bond motifs is 1. The van der Waals surface area contributed by atoms with E-state index in [1.807, 2.05) is 52.3 Å². The second-order valence-electron chi connectivity index (χ2n) is 11.4. The van der Waals surface area contributed by atoms with Gasteiger partial charge in [0.05, 0.1) is 15.5 Å². The smallest absolute Gasteiger partial charge is 0.320 e. The molecule has 0 radical (unpaired) electrons. The Morgan fingerprint density at radius 1 is 0.911 bits per heavy atom. The number of rotatable bonds is 10. The van der Waals surface area contributed by atoms with Gasteiger partial charge in [-0.15, -0.1) is 0 Å². The highest BCUT2D eigenvalue weighted by Crippen LogP contribution is 2.35. The Hall–Kier alpha value is -4.14. The quantitative estimate of drug-likeness (QED) is 0.176. The van der Waals surface area contributed by atoms with Crippen LogP contribution in [-0.4, -0.2) is 38.3 Å². The first-order chi connectivity index (χ1) is 21.7. The van der Waals surface area contributed by atoms with Crippen molar-refractivity contribution in [3.8, 4) is 11.1 Å². The van der Waals surface area contributed by atoms with Gasteiger partial charge in [-0.1, -0.05) is 111 Å². The number of nitrogens with one attached hydrogen (secondary N) is 1. The Balaban J connectivity index is 1.37. The van der Waals surface area contributed by atoms with Gasteiger partial charge in [0.1, 0.15) is 0 Å². The number of para-hydroxylation sites is 1. The molecule has 1 aliphatic heterocycles. The Morgan fingerprint density at radius 3 is 2.36 bits per heavy atom. The molecular formula is C36H38ClN3O4S. The van der Waals surface area contributed by atoms with Gasteiger partial charge in [0.2, 0.25) is 0 Å². The maximum atomic E-state index is 14.0. The number of anilines is 1. The summed E-state index contributed by atoms with van der Waals surface area (Å²) in [5.74, 6) is -0.396. The molecule has 1 unspecified atom stereocenters. The van der Waals surface area contributed by atoms with Crippen molar-refractivity contribution >= 4 is 39.2 Å². The van der Waals surface area contributed by atoms with Gasteiger partial charge in [-0.25, -0.2) is 17.9 Å². The van der Waals surface area contributed by atoms with Crippen LogP contribution in [0.1, 0.15) is 66.9 Å². The molecule has 9 heteroatoms. The average molecular weight is 644 g/mol. The van der Waals surface area contributed by atoms with Crippen LogP contribution in [0.25, 0.3) is 11.1 Å². The lowest BCUT2D eigenvalue weighted by atomic mass is 9.92. The lowest BCUT2D eigenvalue weighted by molar-refractivity contribution is 0.0981. The van der Waals surface area contributed by atoms with Crippen molar-refractivity contribution in [1.29, 1.82) is 0 Å². The molecule has 5 rings (SSSR count). The van der Waals surface area contributed by atoms with Gasteiger partial charge < -0.3 is 4.90 Å². The van der Waals surface area contributed by atoms with Crippen molar-refractivity contribution in [2.45, 2.75) is 56.9 Å². The predicted octanol–water partition coefficient (Wildman–Crippen LogP) is 8.25. The van der Waals surface area contributed by atoms with Crippen LogP contribution in [0.3, 0.4) is 0 Å². The van der Waals surface area contributed by atoms with Crippen LogP contribution in [0.5, 0.6) is 0 Å². The van der Waals surface area contributed by atoms with E-state index in [-0.39, 0.29) is 21.5 Å². The topological polar surface area (TPSA) is 86.8 Å². The van der Waals surface area contributed by atoms with E-state index in [1.54, 1.807) is 30.3 Å². The monoisotopic (exact) mass is 643 g/mol. The molecule has 4 aromatic rings. The molecule has 3 amide bonds. The molecule has 1 heterocycles. The lowest BCUT2D eigenvalue weighted by Crippen LogP contribution is -2.46.